The van der Waals surface area contributed by atoms with Gasteiger partial charge in [0, 0.05) is 30.2 Å². The Morgan fingerprint density at radius 1 is 1.04 bits per heavy atom. The molecule has 128 valence electrons. The molecular formula is C18H20ClNO3S. The van der Waals surface area contributed by atoms with Gasteiger partial charge in [0.2, 0.25) is 5.91 Å². The van der Waals surface area contributed by atoms with Gasteiger partial charge in [0.15, 0.2) is 0 Å². The van der Waals surface area contributed by atoms with Crippen molar-refractivity contribution < 1.29 is 13.2 Å². The molecule has 1 atom stereocenters. The van der Waals surface area contributed by atoms with Crippen LogP contribution in [0.15, 0.2) is 54.6 Å². The van der Waals surface area contributed by atoms with Crippen LogP contribution >= 0.6 is 11.6 Å². The van der Waals surface area contributed by atoms with Crippen molar-refractivity contribution in [2.75, 3.05) is 18.6 Å². The van der Waals surface area contributed by atoms with Gasteiger partial charge in [0.25, 0.3) is 0 Å². The lowest BCUT2D eigenvalue weighted by Crippen LogP contribution is -2.30. The summed E-state index contributed by atoms with van der Waals surface area (Å²) in [4.78, 5) is 12.2. The summed E-state index contributed by atoms with van der Waals surface area (Å²) >= 11 is 5.94. The third-order valence-electron chi connectivity index (χ3n) is 3.66. The van der Waals surface area contributed by atoms with E-state index in [0.717, 1.165) is 17.4 Å². The average Bonchev–Trinajstić information content (AvgIpc) is 2.53. The van der Waals surface area contributed by atoms with Crippen LogP contribution in [-0.4, -0.2) is 32.9 Å². The first kappa shape index (κ1) is 18.5. The Hall–Kier alpha value is -1.85. The lowest BCUT2D eigenvalue weighted by molar-refractivity contribution is -0.121. The van der Waals surface area contributed by atoms with Crippen LogP contribution in [0.3, 0.4) is 0 Å². The van der Waals surface area contributed by atoms with Gasteiger partial charge in [-0.05, 0) is 23.3 Å². The summed E-state index contributed by atoms with van der Waals surface area (Å²) in [7, 11) is -3.09. The molecule has 0 saturated heterocycles. The molecule has 2 aromatic carbocycles. The second-order valence-corrected chi connectivity index (χ2v) is 8.39. The molecule has 0 radical (unpaired) electrons. The Labute approximate surface area is 147 Å². The highest BCUT2D eigenvalue weighted by atomic mass is 35.5. The SMILES string of the molecule is CS(=O)(=O)CCNC(=O)C[C@@H](c1ccccc1)c1ccc(Cl)cc1. The number of hydrogen-bond acceptors (Lipinski definition) is 3. The molecule has 0 aromatic heterocycles. The molecule has 1 N–H and O–H groups in total. The van der Waals surface area contributed by atoms with Crippen molar-refractivity contribution in [2.24, 2.45) is 0 Å². The minimum atomic E-state index is -3.09. The van der Waals surface area contributed by atoms with Gasteiger partial charge >= 0.3 is 0 Å². The second-order valence-electron chi connectivity index (χ2n) is 5.70. The van der Waals surface area contributed by atoms with Gasteiger partial charge in [0.1, 0.15) is 9.84 Å². The summed E-state index contributed by atoms with van der Waals surface area (Å²) in [6.07, 6.45) is 1.40. The molecule has 0 aliphatic heterocycles. The van der Waals surface area contributed by atoms with E-state index in [0.29, 0.717) is 5.02 Å². The number of hydrogen-bond donors (Lipinski definition) is 1. The monoisotopic (exact) mass is 365 g/mol. The number of halogens is 1. The molecule has 24 heavy (non-hydrogen) atoms. The van der Waals surface area contributed by atoms with Gasteiger partial charge in [-0.3, -0.25) is 4.79 Å². The zero-order valence-electron chi connectivity index (χ0n) is 13.4. The molecule has 6 heteroatoms. The number of nitrogens with one attached hydrogen (secondary N) is 1. The molecule has 0 heterocycles. The Balaban J connectivity index is 2.12. The van der Waals surface area contributed by atoms with Crippen LogP contribution in [-0.2, 0) is 14.6 Å². The van der Waals surface area contributed by atoms with Crippen LogP contribution in [0, 0.1) is 0 Å². The maximum atomic E-state index is 12.2. The topological polar surface area (TPSA) is 63.2 Å². The van der Waals surface area contributed by atoms with E-state index in [1.165, 1.54) is 0 Å². The summed E-state index contributed by atoms with van der Waals surface area (Å²) in [6.45, 7) is 0.125. The third-order valence-corrected chi connectivity index (χ3v) is 4.86. The fourth-order valence-corrected chi connectivity index (χ4v) is 3.04. The molecule has 2 rings (SSSR count). The van der Waals surface area contributed by atoms with Crippen LogP contribution in [0.5, 0.6) is 0 Å². The second kappa shape index (κ2) is 8.31. The third kappa shape index (κ3) is 5.98. The molecule has 4 nitrogen and oxygen atoms in total. The highest BCUT2D eigenvalue weighted by Crippen LogP contribution is 2.28. The van der Waals surface area contributed by atoms with Gasteiger partial charge in [-0.2, -0.15) is 0 Å². The van der Waals surface area contributed by atoms with Crippen molar-refractivity contribution in [3.05, 3.63) is 70.7 Å². The molecule has 0 aliphatic rings. The first-order valence-electron chi connectivity index (χ1n) is 7.60. The lowest BCUT2D eigenvalue weighted by Gasteiger charge is -2.18. The molecule has 0 spiro atoms. The zero-order chi connectivity index (χ0) is 17.6. The van der Waals surface area contributed by atoms with Crippen LogP contribution in [0.2, 0.25) is 5.02 Å². The number of carbonyl (C=O) groups is 1. The number of amides is 1. The largest absolute Gasteiger partial charge is 0.355 e. The minimum absolute atomic E-state index is 0.0598. The van der Waals surface area contributed by atoms with Gasteiger partial charge in [-0.1, -0.05) is 54.1 Å². The average molecular weight is 366 g/mol. The Bertz CT molecular complexity index is 774. The molecule has 2 aromatic rings. The van der Waals surface area contributed by atoms with E-state index < -0.39 is 9.84 Å². The summed E-state index contributed by atoms with van der Waals surface area (Å²) in [5.41, 5.74) is 2.02. The summed E-state index contributed by atoms with van der Waals surface area (Å²) in [5, 5.41) is 3.32. The van der Waals surface area contributed by atoms with Crippen molar-refractivity contribution >= 4 is 27.3 Å². The maximum absolute atomic E-state index is 12.2. The Kier molecular flexibility index (Phi) is 6.40. The fourth-order valence-electron chi connectivity index (χ4n) is 2.44. The van der Waals surface area contributed by atoms with E-state index in [1.54, 1.807) is 12.1 Å². The number of rotatable bonds is 7. The summed E-state index contributed by atoms with van der Waals surface area (Å²) < 4.78 is 22.3. The fraction of sp³-hybridized carbons (Fsp3) is 0.278. The number of carbonyl (C=O) groups excluding carboxylic acids is 1. The summed E-state index contributed by atoms with van der Waals surface area (Å²) in [5.74, 6) is -0.348. The van der Waals surface area contributed by atoms with Crippen molar-refractivity contribution in [1.82, 2.24) is 5.32 Å². The predicted molar refractivity (Wildman–Crippen MR) is 97.1 cm³/mol. The molecule has 0 fully saturated rings. The summed E-state index contributed by atoms with van der Waals surface area (Å²) in [6, 6.07) is 17.1. The van der Waals surface area contributed by atoms with Gasteiger partial charge in [0.05, 0.1) is 5.75 Å². The van der Waals surface area contributed by atoms with E-state index >= 15 is 0 Å². The maximum Gasteiger partial charge on any atom is 0.220 e. The molecule has 1 amide bonds. The zero-order valence-corrected chi connectivity index (χ0v) is 15.0. The normalized spacial score (nSPS) is 12.6. The number of benzene rings is 2. The smallest absolute Gasteiger partial charge is 0.220 e. The van der Waals surface area contributed by atoms with Crippen molar-refractivity contribution in [2.45, 2.75) is 12.3 Å². The molecule has 0 unspecified atom stereocenters. The first-order chi connectivity index (χ1) is 11.3. The number of sulfone groups is 1. The lowest BCUT2D eigenvalue weighted by atomic mass is 9.88. The van der Waals surface area contributed by atoms with E-state index in [1.807, 2.05) is 42.5 Å². The minimum Gasteiger partial charge on any atom is -0.355 e. The van der Waals surface area contributed by atoms with Gasteiger partial charge in [-0.15, -0.1) is 0 Å². The van der Waals surface area contributed by atoms with Crippen LogP contribution in [0.4, 0.5) is 0 Å². The van der Waals surface area contributed by atoms with Crippen LogP contribution in [0.1, 0.15) is 23.5 Å². The predicted octanol–water partition coefficient (Wildman–Crippen LogP) is 3.02. The Morgan fingerprint density at radius 3 is 2.21 bits per heavy atom. The molecule has 0 bridgehead atoms. The highest BCUT2D eigenvalue weighted by molar-refractivity contribution is 7.90. The van der Waals surface area contributed by atoms with E-state index in [-0.39, 0.29) is 30.5 Å². The molecular weight excluding hydrogens is 346 g/mol. The van der Waals surface area contributed by atoms with Gasteiger partial charge < -0.3 is 5.32 Å². The quantitative estimate of drug-likeness (QED) is 0.820. The highest BCUT2D eigenvalue weighted by Gasteiger charge is 2.18. The van der Waals surface area contributed by atoms with Crippen molar-refractivity contribution in [3.8, 4) is 0 Å². The Morgan fingerprint density at radius 2 is 1.62 bits per heavy atom. The standard InChI is InChI=1S/C18H20ClNO3S/c1-24(22,23)12-11-20-18(21)13-17(14-5-3-2-4-6-14)15-7-9-16(19)10-8-15/h2-10,17H,11-13H2,1H3,(H,20,21)/t17-/m0/s1. The van der Waals surface area contributed by atoms with Crippen molar-refractivity contribution in [3.63, 3.8) is 0 Å². The first-order valence-corrected chi connectivity index (χ1v) is 10.0. The van der Waals surface area contributed by atoms with Crippen LogP contribution in [0.25, 0.3) is 0 Å². The molecule has 0 aliphatic carbocycles. The van der Waals surface area contributed by atoms with Crippen molar-refractivity contribution in [1.29, 1.82) is 0 Å². The van der Waals surface area contributed by atoms with E-state index in [9.17, 15) is 13.2 Å². The van der Waals surface area contributed by atoms with E-state index in [2.05, 4.69) is 5.32 Å². The van der Waals surface area contributed by atoms with Gasteiger partial charge in [-0.25, -0.2) is 8.42 Å². The molecule has 0 saturated carbocycles. The van der Waals surface area contributed by atoms with Crippen LogP contribution < -0.4 is 5.32 Å². The van der Waals surface area contributed by atoms with E-state index in [4.69, 9.17) is 11.6 Å².